The number of sulfonamides is 1. The predicted octanol–water partition coefficient (Wildman–Crippen LogP) is 1.94. The summed E-state index contributed by atoms with van der Waals surface area (Å²) in [6.45, 7) is 0. The number of primary sulfonamides is 1. The second-order valence-electron chi connectivity index (χ2n) is 3.83. The Bertz CT molecular complexity index is 804. The SMILES string of the molecule is NS(=O)(=O)c1cc2ccc(-c3cnc[nH]3)cc2s1. The van der Waals surface area contributed by atoms with Crippen LogP contribution >= 0.6 is 11.3 Å². The van der Waals surface area contributed by atoms with E-state index in [9.17, 15) is 8.42 Å². The summed E-state index contributed by atoms with van der Waals surface area (Å²) in [5, 5.41) is 5.99. The molecular weight excluding hydrogens is 270 g/mol. The largest absolute Gasteiger partial charge is 0.345 e. The zero-order valence-corrected chi connectivity index (χ0v) is 10.8. The highest BCUT2D eigenvalue weighted by Gasteiger charge is 2.12. The van der Waals surface area contributed by atoms with Gasteiger partial charge in [0.1, 0.15) is 4.21 Å². The number of imidazole rings is 1. The van der Waals surface area contributed by atoms with Gasteiger partial charge in [-0.3, -0.25) is 0 Å². The molecule has 3 aromatic rings. The maximum Gasteiger partial charge on any atom is 0.247 e. The molecule has 0 saturated heterocycles. The molecular formula is C11H9N3O2S2. The summed E-state index contributed by atoms with van der Waals surface area (Å²) in [7, 11) is -3.63. The molecule has 0 aliphatic heterocycles. The maximum absolute atomic E-state index is 11.3. The van der Waals surface area contributed by atoms with E-state index >= 15 is 0 Å². The highest BCUT2D eigenvalue weighted by Crippen LogP contribution is 2.31. The number of nitrogens with zero attached hydrogens (tertiary/aromatic N) is 1. The van der Waals surface area contributed by atoms with Crippen molar-refractivity contribution in [3.63, 3.8) is 0 Å². The highest BCUT2D eigenvalue weighted by molar-refractivity contribution is 7.91. The highest BCUT2D eigenvalue weighted by atomic mass is 32.2. The smallest absolute Gasteiger partial charge is 0.247 e. The van der Waals surface area contributed by atoms with Gasteiger partial charge in [0.25, 0.3) is 0 Å². The van der Waals surface area contributed by atoms with Crippen molar-refractivity contribution in [2.75, 3.05) is 0 Å². The molecule has 3 rings (SSSR count). The van der Waals surface area contributed by atoms with E-state index < -0.39 is 10.0 Å². The van der Waals surface area contributed by atoms with Gasteiger partial charge in [0.2, 0.25) is 10.0 Å². The molecule has 0 spiro atoms. The van der Waals surface area contributed by atoms with Crippen molar-refractivity contribution in [2.24, 2.45) is 5.14 Å². The molecule has 0 atom stereocenters. The Balaban J connectivity index is 2.19. The first-order valence-corrected chi connectivity index (χ1v) is 7.45. The van der Waals surface area contributed by atoms with Gasteiger partial charge in [0, 0.05) is 10.3 Å². The summed E-state index contributed by atoms with van der Waals surface area (Å²) >= 11 is 1.17. The van der Waals surface area contributed by atoms with Crippen LogP contribution in [0.2, 0.25) is 0 Å². The molecule has 0 amide bonds. The van der Waals surface area contributed by atoms with Crippen LogP contribution < -0.4 is 5.14 Å². The zero-order chi connectivity index (χ0) is 12.8. The first-order valence-electron chi connectivity index (χ1n) is 5.09. The fraction of sp³-hybridized carbons (Fsp3) is 0. The fourth-order valence-corrected chi connectivity index (χ4v) is 3.59. The number of benzene rings is 1. The number of thiophene rings is 1. The molecule has 18 heavy (non-hydrogen) atoms. The molecule has 0 radical (unpaired) electrons. The van der Waals surface area contributed by atoms with Gasteiger partial charge < -0.3 is 4.98 Å². The summed E-state index contributed by atoms with van der Waals surface area (Å²) < 4.78 is 23.6. The Morgan fingerprint density at radius 3 is 2.78 bits per heavy atom. The van der Waals surface area contributed by atoms with Gasteiger partial charge in [0.15, 0.2) is 0 Å². The Hall–Kier alpha value is -1.70. The fourth-order valence-electron chi connectivity index (χ4n) is 1.73. The van der Waals surface area contributed by atoms with Gasteiger partial charge in [-0.1, -0.05) is 12.1 Å². The van der Waals surface area contributed by atoms with Crippen molar-refractivity contribution < 1.29 is 8.42 Å². The molecule has 0 fully saturated rings. The van der Waals surface area contributed by atoms with E-state index in [1.807, 2.05) is 18.2 Å². The van der Waals surface area contributed by atoms with Crippen LogP contribution in [-0.4, -0.2) is 18.4 Å². The third kappa shape index (κ3) is 1.92. The lowest BCUT2D eigenvalue weighted by atomic mass is 10.1. The van der Waals surface area contributed by atoms with Crippen LogP contribution in [0.5, 0.6) is 0 Å². The number of hydrogen-bond donors (Lipinski definition) is 2. The van der Waals surface area contributed by atoms with E-state index in [4.69, 9.17) is 5.14 Å². The van der Waals surface area contributed by atoms with E-state index in [0.717, 1.165) is 21.3 Å². The Morgan fingerprint density at radius 1 is 1.28 bits per heavy atom. The standard InChI is InChI=1S/C11H9N3O2S2/c12-18(15,16)11-4-8-2-1-7(3-10(8)17-11)9-5-13-6-14-9/h1-6H,(H,13,14)(H2,12,15,16). The first-order chi connectivity index (χ1) is 8.54. The lowest BCUT2D eigenvalue weighted by Crippen LogP contribution is -2.09. The summed E-state index contributed by atoms with van der Waals surface area (Å²) in [6, 6.07) is 7.29. The number of aromatic amines is 1. The summed E-state index contributed by atoms with van der Waals surface area (Å²) in [4.78, 5) is 6.96. The number of rotatable bonds is 2. The second kappa shape index (κ2) is 3.91. The number of aromatic nitrogens is 2. The van der Waals surface area contributed by atoms with Crippen LogP contribution in [0.15, 0.2) is 41.0 Å². The number of fused-ring (bicyclic) bond motifs is 1. The molecule has 0 aliphatic rings. The number of nitrogens with two attached hydrogens (primary N) is 1. The van der Waals surface area contributed by atoms with Crippen molar-refractivity contribution in [2.45, 2.75) is 4.21 Å². The monoisotopic (exact) mass is 279 g/mol. The Labute approximate surface area is 107 Å². The Kier molecular flexibility index (Phi) is 2.47. The van der Waals surface area contributed by atoms with Crippen molar-refractivity contribution in [1.29, 1.82) is 0 Å². The van der Waals surface area contributed by atoms with E-state index in [-0.39, 0.29) is 4.21 Å². The molecule has 2 heterocycles. The summed E-state index contributed by atoms with van der Waals surface area (Å²) in [5.41, 5.74) is 1.85. The van der Waals surface area contributed by atoms with Crippen LogP contribution in [0.1, 0.15) is 0 Å². The van der Waals surface area contributed by atoms with Gasteiger partial charge in [-0.05, 0) is 17.5 Å². The molecule has 7 heteroatoms. The van der Waals surface area contributed by atoms with Crippen LogP contribution in [0.3, 0.4) is 0 Å². The van der Waals surface area contributed by atoms with Crippen molar-refractivity contribution in [3.05, 3.63) is 36.8 Å². The van der Waals surface area contributed by atoms with Crippen LogP contribution in [-0.2, 0) is 10.0 Å². The predicted molar refractivity (Wildman–Crippen MR) is 70.8 cm³/mol. The number of nitrogens with one attached hydrogen (secondary N) is 1. The zero-order valence-electron chi connectivity index (χ0n) is 9.12. The molecule has 0 bridgehead atoms. The molecule has 3 N–H and O–H groups in total. The lowest BCUT2D eigenvalue weighted by molar-refractivity contribution is 0.600. The van der Waals surface area contributed by atoms with Gasteiger partial charge in [-0.25, -0.2) is 18.5 Å². The molecule has 5 nitrogen and oxygen atoms in total. The molecule has 92 valence electrons. The van der Waals surface area contributed by atoms with Gasteiger partial charge >= 0.3 is 0 Å². The van der Waals surface area contributed by atoms with Crippen molar-refractivity contribution in [1.82, 2.24) is 9.97 Å². The van der Waals surface area contributed by atoms with E-state index in [1.54, 1.807) is 18.6 Å². The molecule has 0 aliphatic carbocycles. The van der Waals surface area contributed by atoms with E-state index in [1.165, 1.54) is 11.3 Å². The third-order valence-electron chi connectivity index (χ3n) is 2.59. The summed E-state index contributed by atoms with van der Waals surface area (Å²) in [5.74, 6) is 0. The van der Waals surface area contributed by atoms with Gasteiger partial charge in [-0.2, -0.15) is 0 Å². The average molecular weight is 279 g/mol. The van der Waals surface area contributed by atoms with Gasteiger partial charge in [0.05, 0.1) is 18.2 Å². The Morgan fingerprint density at radius 2 is 2.11 bits per heavy atom. The molecule has 0 saturated carbocycles. The van der Waals surface area contributed by atoms with E-state index in [0.29, 0.717) is 0 Å². The average Bonchev–Trinajstić information content (AvgIpc) is 2.96. The minimum Gasteiger partial charge on any atom is -0.345 e. The quantitative estimate of drug-likeness (QED) is 0.751. The van der Waals surface area contributed by atoms with Crippen molar-refractivity contribution >= 4 is 31.4 Å². The maximum atomic E-state index is 11.3. The summed E-state index contributed by atoms with van der Waals surface area (Å²) in [6.07, 6.45) is 3.32. The van der Waals surface area contributed by atoms with E-state index in [2.05, 4.69) is 9.97 Å². The minimum absolute atomic E-state index is 0.180. The van der Waals surface area contributed by atoms with Crippen LogP contribution in [0, 0.1) is 0 Å². The van der Waals surface area contributed by atoms with Gasteiger partial charge in [-0.15, -0.1) is 11.3 Å². The normalized spacial score (nSPS) is 12.1. The minimum atomic E-state index is -3.63. The molecule has 2 aromatic heterocycles. The van der Waals surface area contributed by atoms with Crippen LogP contribution in [0.25, 0.3) is 21.3 Å². The second-order valence-corrected chi connectivity index (χ2v) is 6.70. The lowest BCUT2D eigenvalue weighted by Gasteiger charge is -1.96. The number of hydrogen-bond acceptors (Lipinski definition) is 4. The topological polar surface area (TPSA) is 88.8 Å². The van der Waals surface area contributed by atoms with Crippen LogP contribution in [0.4, 0.5) is 0 Å². The first kappa shape index (κ1) is 11.4. The molecule has 0 unspecified atom stereocenters. The van der Waals surface area contributed by atoms with Crippen molar-refractivity contribution in [3.8, 4) is 11.3 Å². The third-order valence-corrected chi connectivity index (χ3v) is 5.11. The molecule has 1 aromatic carbocycles. The number of H-pyrrole nitrogens is 1.